The molecule has 0 saturated carbocycles. The predicted molar refractivity (Wildman–Crippen MR) is 46.3 cm³/mol. The van der Waals surface area contributed by atoms with E-state index in [1.807, 2.05) is 24.3 Å². The van der Waals surface area contributed by atoms with E-state index in [2.05, 4.69) is 6.58 Å². The summed E-state index contributed by atoms with van der Waals surface area (Å²) in [6, 6.07) is 7.81. The standard InChI is InChI=1S/C10H10O2/c1-7-9-5-3-2-4-8(9)6-10(11)12-7/h2-5,10-11H,1,6H2. The SMILES string of the molecule is C=C1OC(O)Cc2ccccc21. The van der Waals surface area contributed by atoms with E-state index in [0.717, 1.165) is 11.1 Å². The van der Waals surface area contributed by atoms with Crippen molar-refractivity contribution >= 4 is 5.76 Å². The van der Waals surface area contributed by atoms with Crippen molar-refractivity contribution in [2.45, 2.75) is 12.7 Å². The third kappa shape index (κ3) is 1.10. The van der Waals surface area contributed by atoms with Crippen molar-refractivity contribution in [2.75, 3.05) is 0 Å². The highest BCUT2D eigenvalue weighted by molar-refractivity contribution is 5.62. The Balaban J connectivity index is 2.47. The Morgan fingerprint density at radius 3 is 3.00 bits per heavy atom. The summed E-state index contributed by atoms with van der Waals surface area (Å²) >= 11 is 0. The maximum atomic E-state index is 9.24. The van der Waals surface area contributed by atoms with Crippen LogP contribution in [0.4, 0.5) is 0 Å². The fraction of sp³-hybridized carbons (Fsp3) is 0.200. The lowest BCUT2D eigenvalue weighted by Gasteiger charge is -2.23. The van der Waals surface area contributed by atoms with Crippen molar-refractivity contribution in [3.8, 4) is 0 Å². The van der Waals surface area contributed by atoms with Gasteiger partial charge in [0.15, 0.2) is 0 Å². The Kier molecular flexibility index (Phi) is 1.62. The lowest BCUT2D eigenvalue weighted by atomic mass is 10.0. The highest BCUT2D eigenvalue weighted by Crippen LogP contribution is 2.26. The molecule has 1 aromatic carbocycles. The molecule has 1 aromatic rings. The molecule has 0 bridgehead atoms. The van der Waals surface area contributed by atoms with Crippen LogP contribution < -0.4 is 0 Å². The zero-order chi connectivity index (χ0) is 8.55. The van der Waals surface area contributed by atoms with Crippen LogP contribution in [-0.2, 0) is 11.2 Å². The van der Waals surface area contributed by atoms with Crippen LogP contribution in [0.5, 0.6) is 0 Å². The summed E-state index contributed by atoms with van der Waals surface area (Å²) in [5.74, 6) is 0.560. The summed E-state index contributed by atoms with van der Waals surface area (Å²) in [5, 5.41) is 9.24. The van der Waals surface area contributed by atoms with Gasteiger partial charge in [0.25, 0.3) is 0 Å². The van der Waals surface area contributed by atoms with Crippen LogP contribution in [0.3, 0.4) is 0 Å². The van der Waals surface area contributed by atoms with Crippen LogP contribution in [0, 0.1) is 0 Å². The van der Waals surface area contributed by atoms with Crippen molar-refractivity contribution in [1.29, 1.82) is 0 Å². The average Bonchev–Trinajstić information content (AvgIpc) is 2.04. The molecule has 0 radical (unpaired) electrons. The van der Waals surface area contributed by atoms with Crippen molar-refractivity contribution in [1.82, 2.24) is 0 Å². The molecule has 2 nitrogen and oxygen atoms in total. The number of hydrogen-bond acceptors (Lipinski definition) is 2. The van der Waals surface area contributed by atoms with E-state index in [4.69, 9.17) is 4.74 Å². The second-order valence-electron chi connectivity index (χ2n) is 2.86. The quantitative estimate of drug-likeness (QED) is 0.627. The van der Waals surface area contributed by atoms with Gasteiger partial charge < -0.3 is 9.84 Å². The van der Waals surface area contributed by atoms with E-state index in [9.17, 15) is 5.11 Å². The molecule has 0 aromatic heterocycles. The smallest absolute Gasteiger partial charge is 0.201 e. The monoisotopic (exact) mass is 162 g/mol. The second-order valence-corrected chi connectivity index (χ2v) is 2.86. The molecule has 1 atom stereocenters. The molecule has 1 heterocycles. The van der Waals surface area contributed by atoms with Crippen LogP contribution >= 0.6 is 0 Å². The van der Waals surface area contributed by atoms with Crippen LogP contribution in [0.2, 0.25) is 0 Å². The third-order valence-electron chi connectivity index (χ3n) is 1.99. The molecule has 2 heteroatoms. The zero-order valence-corrected chi connectivity index (χ0v) is 6.66. The van der Waals surface area contributed by atoms with Gasteiger partial charge in [-0.3, -0.25) is 0 Å². The van der Waals surface area contributed by atoms with Crippen molar-refractivity contribution in [2.24, 2.45) is 0 Å². The molecule has 1 aliphatic heterocycles. The molecule has 0 fully saturated rings. The number of aliphatic hydroxyl groups excluding tert-OH is 1. The molecule has 0 amide bonds. The summed E-state index contributed by atoms with van der Waals surface area (Å²) in [4.78, 5) is 0. The summed E-state index contributed by atoms with van der Waals surface area (Å²) < 4.78 is 5.07. The molecular formula is C10H10O2. The van der Waals surface area contributed by atoms with Gasteiger partial charge in [-0.05, 0) is 5.56 Å². The number of benzene rings is 1. The Morgan fingerprint density at radius 1 is 1.42 bits per heavy atom. The van der Waals surface area contributed by atoms with Gasteiger partial charge in [-0.2, -0.15) is 0 Å². The van der Waals surface area contributed by atoms with Crippen molar-refractivity contribution in [3.05, 3.63) is 42.0 Å². The highest BCUT2D eigenvalue weighted by Gasteiger charge is 2.19. The third-order valence-corrected chi connectivity index (χ3v) is 1.99. The highest BCUT2D eigenvalue weighted by atomic mass is 16.6. The van der Waals surface area contributed by atoms with Crippen LogP contribution in [0.15, 0.2) is 30.8 Å². The van der Waals surface area contributed by atoms with Gasteiger partial charge in [-0.15, -0.1) is 0 Å². The van der Waals surface area contributed by atoms with Gasteiger partial charge in [0.2, 0.25) is 6.29 Å². The minimum Gasteiger partial charge on any atom is -0.465 e. The molecule has 0 aliphatic carbocycles. The number of fused-ring (bicyclic) bond motifs is 1. The number of hydrogen-bond donors (Lipinski definition) is 1. The summed E-state index contributed by atoms with van der Waals surface area (Å²) in [6.07, 6.45) is -0.178. The van der Waals surface area contributed by atoms with Crippen molar-refractivity contribution in [3.63, 3.8) is 0 Å². The molecule has 0 spiro atoms. The molecule has 0 saturated heterocycles. The fourth-order valence-electron chi connectivity index (χ4n) is 1.43. The van der Waals surface area contributed by atoms with Gasteiger partial charge in [0, 0.05) is 12.0 Å². The number of rotatable bonds is 0. The second kappa shape index (κ2) is 2.64. The van der Waals surface area contributed by atoms with Gasteiger partial charge in [-0.1, -0.05) is 30.8 Å². The van der Waals surface area contributed by atoms with Crippen LogP contribution in [0.25, 0.3) is 5.76 Å². The van der Waals surface area contributed by atoms with E-state index >= 15 is 0 Å². The first-order valence-electron chi connectivity index (χ1n) is 3.89. The Hall–Kier alpha value is -1.28. The predicted octanol–water partition coefficient (Wildman–Crippen LogP) is 1.55. The number of ether oxygens (including phenoxy) is 1. The first-order valence-corrected chi connectivity index (χ1v) is 3.89. The van der Waals surface area contributed by atoms with E-state index < -0.39 is 6.29 Å². The zero-order valence-electron chi connectivity index (χ0n) is 6.66. The van der Waals surface area contributed by atoms with Crippen LogP contribution in [-0.4, -0.2) is 11.4 Å². The molecule has 1 aliphatic rings. The van der Waals surface area contributed by atoms with Gasteiger partial charge in [0.05, 0.1) is 0 Å². The summed E-state index contributed by atoms with van der Waals surface area (Å²) in [6.45, 7) is 3.72. The lowest BCUT2D eigenvalue weighted by molar-refractivity contribution is -0.0422. The lowest BCUT2D eigenvalue weighted by Crippen LogP contribution is -2.20. The topological polar surface area (TPSA) is 29.5 Å². The van der Waals surface area contributed by atoms with E-state index in [1.165, 1.54) is 0 Å². The summed E-state index contributed by atoms with van der Waals surface area (Å²) in [7, 11) is 0. The normalized spacial score (nSPS) is 21.4. The number of aliphatic hydroxyl groups is 1. The Morgan fingerprint density at radius 2 is 2.17 bits per heavy atom. The molecule has 2 rings (SSSR count). The molecular weight excluding hydrogens is 152 g/mol. The van der Waals surface area contributed by atoms with E-state index in [0.29, 0.717) is 12.2 Å². The maximum Gasteiger partial charge on any atom is 0.201 e. The fourth-order valence-corrected chi connectivity index (χ4v) is 1.43. The minimum absolute atomic E-state index is 0.551. The van der Waals surface area contributed by atoms with Gasteiger partial charge >= 0.3 is 0 Å². The summed E-state index contributed by atoms with van der Waals surface area (Å²) in [5.41, 5.74) is 2.10. The van der Waals surface area contributed by atoms with E-state index in [1.54, 1.807) is 0 Å². The molecule has 62 valence electrons. The van der Waals surface area contributed by atoms with Gasteiger partial charge in [-0.25, -0.2) is 0 Å². The van der Waals surface area contributed by atoms with Crippen LogP contribution in [0.1, 0.15) is 11.1 Å². The largest absolute Gasteiger partial charge is 0.465 e. The first kappa shape index (κ1) is 7.37. The van der Waals surface area contributed by atoms with Crippen molar-refractivity contribution < 1.29 is 9.84 Å². The average molecular weight is 162 g/mol. The Labute approximate surface area is 71.1 Å². The molecule has 12 heavy (non-hydrogen) atoms. The maximum absolute atomic E-state index is 9.24. The van der Waals surface area contributed by atoms with E-state index in [-0.39, 0.29) is 0 Å². The minimum atomic E-state index is -0.729. The van der Waals surface area contributed by atoms with Gasteiger partial charge in [0.1, 0.15) is 5.76 Å². The molecule has 1 unspecified atom stereocenters. The molecule has 1 N–H and O–H groups in total. The Bertz CT molecular complexity index is 317. The first-order chi connectivity index (χ1) is 5.77.